The first-order chi connectivity index (χ1) is 8.58. The van der Waals surface area contributed by atoms with Crippen molar-refractivity contribution in [3.05, 3.63) is 34.9 Å². The van der Waals surface area contributed by atoms with E-state index in [2.05, 4.69) is 31.3 Å². The number of fused-ring (bicyclic) bond motifs is 1. The van der Waals surface area contributed by atoms with Crippen LogP contribution in [0.4, 0.5) is 0 Å². The Morgan fingerprint density at radius 3 is 2.44 bits per heavy atom. The summed E-state index contributed by atoms with van der Waals surface area (Å²) >= 11 is 0. The number of carbonyl (C=O) groups is 1. The number of benzene rings is 1. The van der Waals surface area contributed by atoms with Crippen LogP contribution in [0.15, 0.2) is 18.2 Å². The highest BCUT2D eigenvalue weighted by molar-refractivity contribution is 6.00. The molecular formula is C16H23NO. The molecule has 1 N–H and O–H groups in total. The Hall–Kier alpha value is -1.15. The molecule has 0 radical (unpaired) electrons. The second-order valence-corrected chi connectivity index (χ2v) is 5.60. The molecule has 0 fully saturated rings. The van der Waals surface area contributed by atoms with E-state index in [1.54, 1.807) is 0 Å². The van der Waals surface area contributed by atoms with Crippen molar-refractivity contribution in [1.29, 1.82) is 0 Å². The van der Waals surface area contributed by atoms with Gasteiger partial charge in [0, 0.05) is 11.6 Å². The first-order valence-electron chi connectivity index (χ1n) is 7.00. The van der Waals surface area contributed by atoms with Crippen molar-refractivity contribution < 1.29 is 4.79 Å². The maximum atomic E-state index is 12.3. The fraction of sp³-hybridized carbons (Fsp3) is 0.562. The number of hydrogen-bond acceptors (Lipinski definition) is 2. The van der Waals surface area contributed by atoms with Crippen LogP contribution in [0, 0.1) is 0 Å². The van der Waals surface area contributed by atoms with Gasteiger partial charge >= 0.3 is 0 Å². The number of rotatable bonds is 4. The van der Waals surface area contributed by atoms with Crippen molar-refractivity contribution in [3.8, 4) is 0 Å². The lowest BCUT2D eigenvalue weighted by Gasteiger charge is -2.19. The third kappa shape index (κ3) is 2.99. The molecule has 1 aliphatic carbocycles. The summed E-state index contributed by atoms with van der Waals surface area (Å²) in [7, 11) is 0. The van der Waals surface area contributed by atoms with Gasteiger partial charge in [0.25, 0.3) is 0 Å². The minimum atomic E-state index is -0.105. The topological polar surface area (TPSA) is 29.1 Å². The molecule has 2 rings (SSSR count). The molecule has 0 amide bonds. The van der Waals surface area contributed by atoms with Gasteiger partial charge in [0.1, 0.15) is 0 Å². The monoisotopic (exact) mass is 245 g/mol. The van der Waals surface area contributed by atoms with E-state index in [9.17, 15) is 4.79 Å². The second kappa shape index (κ2) is 5.66. The molecule has 1 aromatic carbocycles. The van der Waals surface area contributed by atoms with Gasteiger partial charge < -0.3 is 5.32 Å². The molecule has 0 saturated heterocycles. The van der Waals surface area contributed by atoms with Gasteiger partial charge in [-0.3, -0.25) is 4.79 Å². The summed E-state index contributed by atoms with van der Waals surface area (Å²) in [5, 5.41) is 3.27. The summed E-state index contributed by atoms with van der Waals surface area (Å²) in [4.78, 5) is 12.3. The van der Waals surface area contributed by atoms with Crippen molar-refractivity contribution in [2.75, 3.05) is 0 Å². The summed E-state index contributed by atoms with van der Waals surface area (Å²) < 4.78 is 0. The van der Waals surface area contributed by atoms with Crippen LogP contribution < -0.4 is 5.32 Å². The number of ketones is 1. The van der Waals surface area contributed by atoms with E-state index in [0.717, 1.165) is 12.0 Å². The maximum absolute atomic E-state index is 12.3. The van der Waals surface area contributed by atoms with Gasteiger partial charge in [0.15, 0.2) is 5.78 Å². The predicted molar refractivity (Wildman–Crippen MR) is 75.1 cm³/mol. The molecule has 0 heterocycles. The molecule has 1 atom stereocenters. The fourth-order valence-corrected chi connectivity index (χ4v) is 2.71. The summed E-state index contributed by atoms with van der Waals surface area (Å²) in [6, 6.07) is 6.47. The molecule has 1 aliphatic rings. The molecular weight excluding hydrogens is 222 g/mol. The molecule has 0 aromatic heterocycles. The highest BCUT2D eigenvalue weighted by Gasteiger charge is 2.18. The number of carbonyl (C=O) groups excluding carboxylic acids is 1. The van der Waals surface area contributed by atoms with E-state index >= 15 is 0 Å². The van der Waals surface area contributed by atoms with Crippen molar-refractivity contribution in [2.45, 2.75) is 58.5 Å². The Labute approximate surface area is 110 Å². The lowest BCUT2D eigenvalue weighted by molar-refractivity contribution is 0.0946. The van der Waals surface area contributed by atoms with Crippen molar-refractivity contribution >= 4 is 5.78 Å². The van der Waals surface area contributed by atoms with Gasteiger partial charge in [0.05, 0.1) is 6.04 Å². The number of hydrogen-bond donors (Lipinski definition) is 1. The van der Waals surface area contributed by atoms with Gasteiger partial charge in [0.2, 0.25) is 0 Å². The van der Waals surface area contributed by atoms with Crippen LogP contribution >= 0.6 is 0 Å². The van der Waals surface area contributed by atoms with E-state index in [-0.39, 0.29) is 11.8 Å². The minimum Gasteiger partial charge on any atom is -0.305 e. The average Bonchev–Trinajstić information content (AvgIpc) is 2.36. The van der Waals surface area contributed by atoms with Gasteiger partial charge in [-0.2, -0.15) is 0 Å². The molecule has 2 nitrogen and oxygen atoms in total. The Kier molecular flexibility index (Phi) is 4.18. The van der Waals surface area contributed by atoms with Gasteiger partial charge in [-0.25, -0.2) is 0 Å². The predicted octanol–water partition coefficient (Wildman–Crippen LogP) is 3.13. The zero-order chi connectivity index (χ0) is 13.1. The second-order valence-electron chi connectivity index (χ2n) is 5.60. The largest absolute Gasteiger partial charge is 0.305 e. The lowest BCUT2D eigenvalue weighted by Crippen LogP contribution is -2.38. The highest BCUT2D eigenvalue weighted by atomic mass is 16.1. The van der Waals surface area contributed by atoms with Gasteiger partial charge in [-0.15, -0.1) is 0 Å². The molecule has 98 valence electrons. The normalized spacial score (nSPS) is 16.4. The molecule has 2 heteroatoms. The van der Waals surface area contributed by atoms with Crippen LogP contribution in [0.3, 0.4) is 0 Å². The average molecular weight is 245 g/mol. The molecule has 18 heavy (non-hydrogen) atoms. The number of Topliss-reactive ketones (excluding diaryl/α,β-unsaturated/α-hetero) is 1. The van der Waals surface area contributed by atoms with E-state index in [1.807, 2.05) is 13.0 Å². The quantitative estimate of drug-likeness (QED) is 0.826. The van der Waals surface area contributed by atoms with Crippen molar-refractivity contribution in [2.24, 2.45) is 0 Å². The Morgan fingerprint density at radius 1 is 1.11 bits per heavy atom. The van der Waals surface area contributed by atoms with E-state index < -0.39 is 0 Å². The first kappa shape index (κ1) is 13.3. The number of nitrogens with one attached hydrogen (secondary N) is 1. The van der Waals surface area contributed by atoms with Crippen LogP contribution in [0.5, 0.6) is 0 Å². The summed E-state index contributed by atoms with van der Waals surface area (Å²) in [6.07, 6.45) is 4.84. The molecule has 1 aromatic rings. The third-order valence-corrected chi connectivity index (χ3v) is 3.61. The molecule has 0 saturated carbocycles. The van der Waals surface area contributed by atoms with Gasteiger partial charge in [-0.1, -0.05) is 26.0 Å². The number of aryl methyl sites for hydroxylation is 2. The van der Waals surface area contributed by atoms with Crippen LogP contribution in [0.25, 0.3) is 0 Å². The Bertz CT molecular complexity index is 437. The lowest BCUT2D eigenvalue weighted by atomic mass is 9.89. The van der Waals surface area contributed by atoms with Crippen molar-refractivity contribution in [1.82, 2.24) is 5.32 Å². The van der Waals surface area contributed by atoms with Crippen LogP contribution in [-0.4, -0.2) is 17.9 Å². The van der Waals surface area contributed by atoms with E-state index in [0.29, 0.717) is 6.04 Å². The Morgan fingerprint density at radius 2 is 1.78 bits per heavy atom. The Balaban J connectivity index is 2.15. The molecule has 0 spiro atoms. The van der Waals surface area contributed by atoms with E-state index in [4.69, 9.17) is 0 Å². The van der Waals surface area contributed by atoms with E-state index in [1.165, 1.54) is 30.4 Å². The zero-order valence-corrected chi connectivity index (χ0v) is 11.6. The van der Waals surface area contributed by atoms with Crippen LogP contribution in [-0.2, 0) is 12.8 Å². The standard InChI is InChI=1S/C16H23NO/c1-11(2)17-12(3)16(18)15-9-8-13-6-4-5-7-14(13)10-15/h8-12,17H,4-7H2,1-3H3/t12-/m0/s1. The molecule has 0 aliphatic heterocycles. The zero-order valence-electron chi connectivity index (χ0n) is 11.6. The molecule has 0 bridgehead atoms. The van der Waals surface area contributed by atoms with Crippen LogP contribution in [0.1, 0.15) is 55.1 Å². The SMILES string of the molecule is CC(C)N[C@@H](C)C(=O)c1ccc2c(c1)CCCC2. The summed E-state index contributed by atoms with van der Waals surface area (Å²) in [6.45, 7) is 6.08. The smallest absolute Gasteiger partial charge is 0.179 e. The van der Waals surface area contributed by atoms with Crippen molar-refractivity contribution in [3.63, 3.8) is 0 Å². The summed E-state index contributed by atoms with van der Waals surface area (Å²) in [5.41, 5.74) is 3.67. The summed E-state index contributed by atoms with van der Waals surface area (Å²) in [5.74, 6) is 0.206. The maximum Gasteiger partial charge on any atom is 0.179 e. The van der Waals surface area contributed by atoms with Gasteiger partial charge in [-0.05, 0) is 49.8 Å². The first-order valence-corrected chi connectivity index (χ1v) is 7.00. The third-order valence-electron chi connectivity index (χ3n) is 3.61. The van der Waals surface area contributed by atoms with Crippen LogP contribution in [0.2, 0.25) is 0 Å². The highest BCUT2D eigenvalue weighted by Crippen LogP contribution is 2.22. The molecule has 0 unspecified atom stereocenters. The minimum absolute atomic E-state index is 0.105. The fourth-order valence-electron chi connectivity index (χ4n) is 2.71.